The van der Waals surface area contributed by atoms with Crippen LogP contribution in [0.1, 0.15) is 36.0 Å². The van der Waals surface area contributed by atoms with E-state index in [1.54, 1.807) is 25.2 Å². The average molecular weight is 537 g/mol. The average Bonchev–Trinajstić information content (AvgIpc) is 3.86. The number of esters is 1. The van der Waals surface area contributed by atoms with Gasteiger partial charge in [0, 0.05) is 25.2 Å². The van der Waals surface area contributed by atoms with Gasteiger partial charge in [-0.25, -0.2) is 9.79 Å². The molecule has 0 aliphatic heterocycles. The molecule has 2 aliphatic rings. The molecule has 2 heterocycles. The van der Waals surface area contributed by atoms with Crippen LogP contribution < -0.4 is 20.7 Å². The number of tetrazole rings is 1. The molecule has 2 saturated carbocycles. The van der Waals surface area contributed by atoms with Gasteiger partial charge in [0.1, 0.15) is 11.5 Å². The van der Waals surface area contributed by atoms with Crippen molar-refractivity contribution < 1.29 is 29.0 Å². The standard InChI is InChI=1S/C25H28N8O6/c1-26-23(35)16-12-33(13-39-24(36)25(37)9-10-25)19(28-22(34)14-7-8-14)11-18(16)27-17-6-4-5-15(20(17)38-3)21-29-31-32(2)30-21/h4-6,11-12,14,37H,7-10,13H2,1-3H3,(H,26,35)(H,28,34). The number of aromatic nitrogens is 5. The van der Waals surface area contributed by atoms with Crippen LogP contribution >= 0.6 is 0 Å². The Morgan fingerprint density at radius 1 is 1.26 bits per heavy atom. The van der Waals surface area contributed by atoms with Crippen molar-refractivity contribution in [1.29, 1.82) is 0 Å². The molecule has 0 saturated heterocycles. The van der Waals surface area contributed by atoms with E-state index in [4.69, 9.17) is 14.5 Å². The van der Waals surface area contributed by atoms with E-state index in [0.717, 1.165) is 12.8 Å². The van der Waals surface area contributed by atoms with Crippen molar-refractivity contribution in [2.75, 3.05) is 19.5 Å². The third-order valence-corrected chi connectivity index (χ3v) is 6.44. The number of nitrogens with one attached hydrogen (secondary N) is 2. The van der Waals surface area contributed by atoms with Crippen molar-refractivity contribution in [2.45, 2.75) is 38.0 Å². The zero-order valence-corrected chi connectivity index (χ0v) is 21.7. The highest BCUT2D eigenvalue weighted by Gasteiger charge is 2.49. The summed E-state index contributed by atoms with van der Waals surface area (Å²) in [6.45, 7) is -0.331. The highest BCUT2D eigenvalue weighted by atomic mass is 16.6. The minimum Gasteiger partial charge on any atom is -0.494 e. The number of para-hydroxylation sites is 1. The largest absolute Gasteiger partial charge is 0.494 e. The van der Waals surface area contributed by atoms with Crippen molar-refractivity contribution >= 4 is 29.3 Å². The lowest BCUT2D eigenvalue weighted by Crippen LogP contribution is -2.30. The monoisotopic (exact) mass is 536 g/mol. The number of methoxy groups -OCH3 is 1. The second-order valence-electron chi connectivity index (χ2n) is 9.43. The first-order chi connectivity index (χ1) is 18.7. The molecule has 0 spiro atoms. The summed E-state index contributed by atoms with van der Waals surface area (Å²) in [5, 5.41) is 27.9. The number of aryl methyl sites for hydroxylation is 1. The molecule has 2 fully saturated rings. The number of anilines is 1. The molecule has 0 atom stereocenters. The van der Waals surface area contributed by atoms with Gasteiger partial charge in [-0.3, -0.25) is 14.2 Å². The highest BCUT2D eigenvalue weighted by molar-refractivity contribution is 5.96. The second kappa shape index (κ2) is 10.3. The van der Waals surface area contributed by atoms with Crippen LogP contribution in [-0.2, 0) is 28.1 Å². The molecular weight excluding hydrogens is 508 g/mol. The summed E-state index contributed by atoms with van der Waals surface area (Å²) in [6, 6.07) is 6.73. The van der Waals surface area contributed by atoms with Crippen LogP contribution in [0.25, 0.3) is 11.4 Å². The van der Waals surface area contributed by atoms with E-state index in [-0.39, 0.29) is 35.3 Å². The Balaban J connectivity index is 1.61. The van der Waals surface area contributed by atoms with Crippen LogP contribution in [0.15, 0.2) is 35.5 Å². The van der Waals surface area contributed by atoms with Crippen LogP contribution in [0.2, 0.25) is 0 Å². The van der Waals surface area contributed by atoms with Crippen LogP contribution in [0.4, 0.5) is 11.5 Å². The predicted octanol–water partition coefficient (Wildman–Crippen LogP) is 0.653. The lowest BCUT2D eigenvalue weighted by molar-refractivity contribution is -0.159. The SMILES string of the molecule is CNC(=O)c1cn(COC(=O)C2(O)CC2)c(NC(=O)C2CC2)cc1=Nc1cccc(-c2nnn(C)n2)c1OC. The van der Waals surface area contributed by atoms with Crippen molar-refractivity contribution in [2.24, 2.45) is 18.0 Å². The molecule has 0 bridgehead atoms. The zero-order chi connectivity index (χ0) is 27.7. The van der Waals surface area contributed by atoms with Gasteiger partial charge in [0.25, 0.3) is 5.91 Å². The number of carbonyl (C=O) groups excluding carboxylic acids is 3. The van der Waals surface area contributed by atoms with Gasteiger partial charge in [0.2, 0.25) is 11.7 Å². The molecule has 0 radical (unpaired) electrons. The normalized spacial score (nSPS) is 15.9. The molecule has 2 amide bonds. The fourth-order valence-electron chi connectivity index (χ4n) is 3.88. The maximum atomic E-state index is 12.9. The molecule has 5 rings (SSSR count). The molecule has 3 aromatic rings. The van der Waals surface area contributed by atoms with Gasteiger partial charge in [0.05, 0.1) is 30.6 Å². The van der Waals surface area contributed by atoms with Crippen LogP contribution in [-0.4, -0.2) is 67.4 Å². The lowest BCUT2D eigenvalue weighted by atomic mass is 10.1. The van der Waals surface area contributed by atoms with E-state index in [0.29, 0.717) is 35.7 Å². The van der Waals surface area contributed by atoms with E-state index >= 15 is 0 Å². The maximum Gasteiger partial charge on any atom is 0.339 e. The molecule has 2 aromatic heterocycles. The third-order valence-electron chi connectivity index (χ3n) is 6.44. The molecule has 14 heteroatoms. The number of nitrogens with zero attached hydrogens (tertiary/aromatic N) is 6. The summed E-state index contributed by atoms with van der Waals surface area (Å²) in [6.07, 6.45) is 3.65. The molecule has 1 aromatic carbocycles. The molecule has 39 heavy (non-hydrogen) atoms. The fraction of sp³-hybridized carbons (Fsp3) is 0.400. The Morgan fingerprint density at radius 2 is 2.03 bits per heavy atom. The highest BCUT2D eigenvalue weighted by Crippen LogP contribution is 2.37. The molecular formula is C25H28N8O6. The number of pyridine rings is 1. The molecule has 3 N–H and O–H groups in total. The number of rotatable bonds is 9. The molecule has 14 nitrogen and oxygen atoms in total. The zero-order valence-electron chi connectivity index (χ0n) is 21.7. The number of ether oxygens (including phenoxy) is 2. The summed E-state index contributed by atoms with van der Waals surface area (Å²) < 4.78 is 12.4. The van der Waals surface area contributed by atoms with Crippen molar-refractivity contribution in [3.63, 3.8) is 0 Å². The summed E-state index contributed by atoms with van der Waals surface area (Å²) in [4.78, 5) is 43.8. The Kier molecular flexibility index (Phi) is 6.87. The van der Waals surface area contributed by atoms with E-state index < -0.39 is 17.5 Å². The van der Waals surface area contributed by atoms with Crippen LogP contribution in [0.5, 0.6) is 5.75 Å². The summed E-state index contributed by atoms with van der Waals surface area (Å²) in [5.74, 6) is -0.559. The quantitative estimate of drug-likeness (QED) is 0.332. The first-order valence-electron chi connectivity index (χ1n) is 12.4. The Morgan fingerprint density at radius 3 is 2.64 bits per heavy atom. The van der Waals surface area contributed by atoms with Gasteiger partial charge in [-0.15, -0.1) is 10.2 Å². The first-order valence-corrected chi connectivity index (χ1v) is 12.4. The maximum absolute atomic E-state index is 12.9. The van der Waals surface area contributed by atoms with Gasteiger partial charge in [-0.05, 0) is 43.0 Å². The van der Waals surface area contributed by atoms with E-state index in [9.17, 15) is 19.5 Å². The van der Waals surface area contributed by atoms with Gasteiger partial charge in [0.15, 0.2) is 18.1 Å². The minimum atomic E-state index is -1.48. The Labute approximate surface area is 222 Å². The van der Waals surface area contributed by atoms with Gasteiger partial charge in [-0.1, -0.05) is 6.07 Å². The number of aliphatic hydroxyl groups is 1. The number of benzene rings is 1. The predicted molar refractivity (Wildman–Crippen MR) is 135 cm³/mol. The Bertz CT molecular complexity index is 1520. The number of hydrogen-bond donors (Lipinski definition) is 3. The minimum absolute atomic E-state index is 0.108. The number of hydrogen-bond acceptors (Lipinski definition) is 10. The van der Waals surface area contributed by atoms with E-state index in [1.807, 2.05) is 0 Å². The molecule has 204 valence electrons. The van der Waals surface area contributed by atoms with Crippen molar-refractivity contribution in [3.8, 4) is 17.1 Å². The van der Waals surface area contributed by atoms with Crippen LogP contribution in [0, 0.1) is 5.92 Å². The van der Waals surface area contributed by atoms with Gasteiger partial charge >= 0.3 is 5.97 Å². The lowest BCUT2D eigenvalue weighted by Gasteiger charge is -2.18. The second-order valence-corrected chi connectivity index (χ2v) is 9.43. The molecule has 0 unspecified atom stereocenters. The summed E-state index contributed by atoms with van der Waals surface area (Å²) >= 11 is 0. The number of carbonyl (C=O) groups is 3. The topological polar surface area (TPSA) is 175 Å². The molecule has 2 aliphatic carbocycles. The van der Waals surface area contributed by atoms with E-state index in [2.05, 4.69) is 26.0 Å². The fourth-order valence-corrected chi connectivity index (χ4v) is 3.88. The van der Waals surface area contributed by atoms with Gasteiger partial charge < -0.3 is 25.2 Å². The van der Waals surface area contributed by atoms with E-state index in [1.165, 1.54) is 35.8 Å². The first kappa shape index (κ1) is 26.0. The summed E-state index contributed by atoms with van der Waals surface area (Å²) in [5.41, 5.74) is -0.400. The number of amides is 2. The van der Waals surface area contributed by atoms with Crippen molar-refractivity contribution in [3.05, 3.63) is 41.4 Å². The van der Waals surface area contributed by atoms with Gasteiger partial charge in [-0.2, -0.15) is 4.80 Å². The van der Waals surface area contributed by atoms with Crippen LogP contribution in [0.3, 0.4) is 0 Å². The smallest absolute Gasteiger partial charge is 0.339 e. The van der Waals surface area contributed by atoms with Crippen molar-refractivity contribution in [1.82, 2.24) is 30.1 Å². The third kappa shape index (κ3) is 5.50. The summed E-state index contributed by atoms with van der Waals surface area (Å²) in [7, 11) is 4.60. The Hall–Kier alpha value is -4.59.